The fourth-order valence-corrected chi connectivity index (χ4v) is 1.38. The van der Waals surface area contributed by atoms with Gasteiger partial charge in [-0.1, -0.05) is 0 Å². The maximum Gasteiger partial charge on any atom is 0.307 e. The largest absolute Gasteiger partial charge is 0.481 e. The zero-order valence-electron chi connectivity index (χ0n) is 6.19. The van der Waals surface area contributed by atoms with Crippen molar-refractivity contribution in [3.05, 3.63) is 0 Å². The molecule has 0 aromatic rings. The quantitative estimate of drug-likeness (QED) is 0.599. The van der Waals surface area contributed by atoms with Crippen LogP contribution >= 0.6 is 0 Å². The number of carboxylic acid groups (broad SMARTS) is 2. The molecule has 1 saturated carbocycles. The van der Waals surface area contributed by atoms with Crippen molar-refractivity contribution in [3.8, 4) is 0 Å². The van der Waals surface area contributed by atoms with Gasteiger partial charge < -0.3 is 10.2 Å². The second kappa shape index (κ2) is 2.92. The monoisotopic (exact) mass is 172 g/mol. The van der Waals surface area contributed by atoms with Crippen molar-refractivity contribution in [3.63, 3.8) is 0 Å². The molecular weight excluding hydrogens is 164 g/mol. The maximum atomic E-state index is 10.7. The topological polar surface area (TPSA) is 91.7 Å². The average molecular weight is 172 g/mol. The third-order valence-corrected chi connectivity index (χ3v) is 2.02. The van der Waals surface area contributed by atoms with E-state index in [1.807, 2.05) is 0 Å². The van der Waals surface area contributed by atoms with Crippen molar-refractivity contribution in [2.45, 2.75) is 12.8 Å². The van der Waals surface area contributed by atoms with Crippen LogP contribution in [0.5, 0.6) is 0 Å². The van der Waals surface area contributed by atoms with E-state index in [4.69, 9.17) is 10.2 Å². The summed E-state index contributed by atoms with van der Waals surface area (Å²) >= 11 is 0. The molecule has 0 amide bonds. The van der Waals surface area contributed by atoms with Crippen LogP contribution in [0.15, 0.2) is 0 Å². The van der Waals surface area contributed by atoms with Gasteiger partial charge >= 0.3 is 11.9 Å². The van der Waals surface area contributed by atoms with Crippen molar-refractivity contribution >= 4 is 17.7 Å². The molecule has 1 unspecified atom stereocenters. The van der Waals surface area contributed by atoms with Gasteiger partial charge in [0.1, 0.15) is 5.78 Å². The molecule has 0 spiro atoms. The average Bonchev–Trinajstić information content (AvgIpc) is 2.31. The first-order valence-corrected chi connectivity index (χ1v) is 3.49. The standard InChI is InChI=1S/C7H8O5/c8-3-1-4(6(9)10)5(2-3)7(11)12/h4-5H,1-2H2,(H,9,10)(H,11,12)/t4-,5?/m0/s1. The Morgan fingerprint density at radius 1 is 1.08 bits per heavy atom. The molecule has 0 radical (unpaired) electrons. The Morgan fingerprint density at radius 3 is 1.67 bits per heavy atom. The van der Waals surface area contributed by atoms with Crippen molar-refractivity contribution < 1.29 is 24.6 Å². The number of carbonyl (C=O) groups excluding carboxylic acids is 1. The Hall–Kier alpha value is -1.39. The highest BCUT2D eigenvalue weighted by molar-refractivity contribution is 5.94. The Balaban J connectivity index is 2.79. The third kappa shape index (κ3) is 1.44. The summed E-state index contributed by atoms with van der Waals surface area (Å²) in [7, 11) is 0. The lowest BCUT2D eigenvalue weighted by atomic mass is 9.97. The second-order valence-corrected chi connectivity index (χ2v) is 2.84. The van der Waals surface area contributed by atoms with Gasteiger partial charge in [0.2, 0.25) is 0 Å². The van der Waals surface area contributed by atoms with Crippen molar-refractivity contribution in [1.29, 1.82) is 0 Å². The van der Waals surface area contributed by atoms with E-state index in [-0.39, 0.29) is 18.6 Å². The van der Waals surface area contributed by atoms with E-state index in [2.05, 4.69) is 0 Å². The Morgan fingerprint density at radius 2 is 1.42 bits per heavy atom. The van der Waals surface area contributed by atoms with E-state index in [0.717, 1.165) is 0 Å². The van der Waals surface area contributed by atoms with Crippen LogP contribution in [-0.2, 0) is 14.4 Å². The lowest BCUT2D eigenvalue weighted by Gasteiger charge is -2.07. The Bertz CT molecular complexity index is 220. The molecule has 1 fully saturated rings. The number of rotatable bonds is 2. The number of carbonyl (C=O) groups is 3. The number of Topliss-reactive ketones (excluding diaryl/α,β-unsaturated/α-hetero) is 1. The molecule has 0 saturated heterocycles. The predicted octanol–water partition coefficient (Wildman–Crippen LogP) is -0.249. The van der Waals surface area contributed by atoms with Gasteiger partial charge in [0, 0.05) is 12.8 Å². The minimum Gasteiger partial charge on any atom is -0.481 e. The first kappa shape index (κ1) is 8.70. The zero-order valence-corrected chi connectivity index (χ0v) is 6.19. The molecule has 12 heavy (non-hydrogen) atoms. The highest BCUT2D eigenvalue weighted by atomic mass is 16.4. The van der Waals surface area contributed by atoms with Crippen LogP contribution in [-0.4, -0.2) is 27.9 Å². The van der Waals surface area contributed by atoms with Gasteiger partial charge in [-0.15, -0.1) is 0 Å². The zero-order chi connectivity index (χ0) is 9.30. The summed E-state index contributed by atoms with van der Waals surface area (Å²) in [5.74, 6) is -4.75. The minimum atomic E-state index is -1.20. The van der Waals surface area contributed by atoms with Crippen molar-refractivity contribution in [2.24, 2.45) is 11.8 Å². The van der Waals surface area contributed by atoms with Gasteiger partial charge in [-0.05, 0) is 0 Å². The molecule has 0 heterocycles. The van der Waals surface area contributed by atoms with Crippen molar-refractivity contribution in [1.82, 2.24) is 0 Å². The maximum absolute atomic E-state index is 10.7. The summed E-state index contributed by atoms with van der Waals surface area (Å²) in [6.45, 7) is 0. The van der Waals surface area contributed by atoms with Crippen LogP contribution in [0.25, 0.3) is 0 Å². The Kier molecular flexibility index (Phi) is 2.12. The van der Waals surface area contributed by atoms with Gasteiger partial charge in [0.15, 0.2) is 0 Å². The second-order valence-electron chi connectivity index (χ2n) is 2.84. The van der Waals surface area contributed by atoms with Gasteiger partial charge in [-0.3, -0.25) is 14.4 Å². The molecule has 5 heteroatoms. The van der Waals surface area contributed by atoms with Crippen LogP contribution in [0.1, 0.15) is 12.8 Å². The van der Waals surface area contributed by atoms with Gasteiger partial charge in [-0.2, -0.15) is 0 Å². The normalized spacial score (nSPS) is 28.8. The van der Waals surface area contributed by atoms with Gasteiger partial charge in [0.25, 0.3) is 0 Å². The number of hydrogen-bond acceptors (Lipinski definition) is 3. The number of aliphatic carboxylic acids is 2. The lowest BCUT2D eigenvalue weighted by Crippen LogP contribution is -2.24. The van der Waals surface area contributed by atoms with Crippen LogP contribution in [0.2, 0.25) is 0 Å². The molecule has 0 aliphatic heterocycles. The van der Waals surface area contributed by atoms with Crippen molar-refractivity contribution in [2.75, 3.05) is 0 Å². The number of carboxylic acids is 2. The molecular formula is C7H8O5. The lowest BCUT2D eigenvalue weighted by molar-refractivity contribution is -0.152. The van der Waals surface area contributed by atoms with E-state index < -0.39 is 23.8 Å². The van der Waals surface area contributed by atoms with Gasteiger partial charge in [-0.25, -0.2) is 0 Å². The summed E-state index contributed by atoms with van der Waals surface area (Å²) in [6.07, 6.45) is -0.293. The molecule has 1 aliphatic carbocycles. The van der Waals surface area contributed by atoms with Crippen LogP contribution < -0.4 is 0 Å². The molecule has 0 bridgehead atoms. The highest BCUT2D eigenvalue weighted by Crippen LogP contribution is 2.29. The van der Waals surface area contributed by atoms with Crippen LogP contribution in [0, 0.1) is 11.8 Å². The summed E-state index contributed by atoms with van der Waals surface area (Å²) in [5, 5.41) is 17.1. The van der Waals surface area contributed by atoms with Crippen LogP contribution in [0.4, 0.5) is 0 Å². The SMILES string of the molecule is O=C1CC(C(=O)O)[C@@H](C(=O)O)C1. The fraction of sp³-hybridized carbons (Fsp3) is 0.571. The molecule has 66 valence electrons. The number of ketones is 1. The molecule has 2 N–H and O–H groups in total. The number of hydrogen-bond donors (Lipinski definition) is 2. The summed E-state index contributed by atoms with van der Waals surface area (Å²) in [4.78, 5) is 31.6. The molecule has 1 rings (SSSR count). The summed E-state index contributed by atoms with van der Waals surface area (Å²) < 4.78 is 0. The van der Waals surface area contributed by atoms with E-state index >= 15 is 0 Å². The fourth-order valence-electron chi connectivity index (χ4n) is 1.38. The summed E-state index contributed by atoms with van der Waals surface area (Å²) in [5.41, 5.74) is 0. The van der Waals surface area contributed by atoms with E-state index in [1.54, 1.807) is 0 Å². The van der Waals surface area contributed by atoms with Crippen LogP contribution in [0.3, 0.4) is 0 Å². The summed E-state index contributed by atoms with van der Waals surface area (Å²) in [6, 6.07) is 0. The highest BCUT2D eigenvalue weighted by Gasteiger charge is 2.42. The third-order valence-electron chi connectivity index (χ3n) is 2.02. The van der Waals surface area contributed by atoms with Gasteiger partial charge in [0.05, 0.1) is 11.8 Å². The van der Waals surface area contributed by atoms with E-state index in [0.29, 0.717) is 0 Å². The molecule has 5 nitrogen and oxygen atoms in total. The first-order chi connectivity index (χ1) is 5.52. The molecule has 0 aromatic heterocycles. The Labute approximate surface area is 68.0 Å². The van der Waals surface area contributed by atoms with E-state index in [9.17, 15) is 14.4 Å². The van der Waals surface area contributed by atoms with E-state index in [1.165, 1.54) is 0 Å². The smallest absolute Gasteiger partial charge is 0.307 e. The first-order valence-electron chi connectivity index (χ1n) is 3.49. The molecule has 2 atom stereocenters. The molecule has 0 aromatic carbocycles. The molecule has 1 aliphatic rings. The minimum absolute atomic E-state index is 0.147. The predicted molar refractivity (Wildman–Crippen MR) is 36.5 cm³/mol.